The normalized spacial score (nSPS) is 11.2. The van der Waals surface area contributed by atoms with Gasteiger partial charge < -0.3 is 10.5 Å². The summed E-state index contributed by atoms with van der Waals surface area (Å²) < 4.78 is 47.4. The number of carbonyl (C=O) groups is 1. The van der Waals surface area contributed by atoms with Crippen LogP contribution >= 0.6 is 11.6 Å². The lowest BCUT2D eigenvalue weighted by atomic mass is 10.1. The molecule has 0 radical (unpaired) electrons. The van der Waals surface area contributed by atoms with E-state index in [4.69, 9.17) is 27.3 Å². The first-order valence-corrected chi connectivity index (χ1v) is 9.61. The molecule has 1 amide bonds. The second-order valence-electron chi connectivity index (χ2n) is 6.58. The topological polar surface area (TPSA) is 97.2 Å². The van der Waals surface area contributed by atoms with Crippen LogP contribution in [0.15, 0.2) is 48.7 Å². The molecule has 1 aromatic heterocycles. The van der Waals surface area contributed by atoms with Crippen molar-refractivity contribution in [1.82, 2.24) is 9.78 Å². The van der Waals surface area contributed by atoms with Crippen LogP contribution in [0.5, 0.6) is 5.75 Å². The molecule has 0 unspecified atom stereocenters. The Morgan fingerprint density at radius 3 is 2.44 bits per heavy atom. The number of rotatable bonds is 6. The second kappa shape index (κ2) is 9.30. The van der Waals surface area contributed by atoms with Crippen LogP contribution in [0.1, 0.15) is 5.56 Å². The number of aromatic nitrogens is 2. The second-order valence-corrected chi connectivity index (χ2v) is 6.99. The number of benzene rings is 2. The molecule has 0 bridgehead atoms. The third-order valence-electron chi connectivity index (χ3n) is 4.45. The molecule has 0 saturated carbocycles. The predicted octanol–water partition coefficient (Wildman–Crippen LogP) is 4.18. The van der Waals surface area contributed by atoms with E-state index in [9.17, 15) is 18.0 Å². The Morgan fingerprint density at radius 1 is 1.25 bits per heavy atom. The summed E-state index contributed by atoms with van der Waals surface area (Å²) in [5.41, 5.74) is 6.31. The third kappa shape index (κ3) is 4.69. The van der Waals surface area contributed by atoms with Crippen LogP contribution in [0, 0.1) is 11.3 Å². The molecule has 11 heteroatoms. The number of halogens is 4. The molecular weight excluding hydrogens is 447 g/mol. The third-order valence-corrected chi connectivity index (χ3v) is 4.72. The lowest BCUT2D eigenvalue weighted by Gasteiger charge is -2.25. The molecule has 0 saturated heterocycles. The number of carbonyl (C=O) groups excluding carboxylic acids is 1. The van der Waals surface area contributed by atoms with Crippen LogP contribution in [-0.4, -0.2) is 35.0 Å². The molecule has 3 rings (SSSR count). The van der Waals surface area contributed by atoms with Gasteiger partial charge >= 0.3 is 12.1 Å². The minimum absolute atomic E-state index is 0.0657. The molecule has 7 nitrogen and oxygen atoms in total. The Balaban J connectivity index is 2.21. The maximum atomic E-state index is 13.4. The number of nitrogens with zero attached hydrogens (tertiary/aromatic N) is 4. The van der Waals surface area contributed by atoms with Gasteiger partial charge in [-0.15, -0.1) is 0 Å². The van der Waals surface area contributed by atoms with Crippen molar-refractivity contribution in [2.75, 3.05) is 18.1 Å². The number of aryl methyl sites for hydroxylation is 1. The summed E-state index contributed by atoms with van der Waals surface area (Å²) in [7, 11) is 1.61. The number of hydrogen-bond donors (Lipinski definition) is 1. The Labute approximate surface area is 186 Å². The van der Waals surface area contributed by atoms with Gasteiger partial charge in [0.25, 0.3) is 0 Å². The molecular formula is C21H17ClF3N5O2. The zero-order valence-electron chi connectivity index (χ0n) is 16.7. The summed E-state index contributed by atoms with van der Waals surface area (Å²) in [6.07, 6.45) is -3.76. The molecule has 0 aliphatic carbocycles. The average molecular weight is 464 g/mol. The molecule has 166 valence electrons. The maximum Gasteiger partial charge on any atom is 0.472 e. The molecule has 0 aliphatic heterocycles. The molecule has 32 heavy (non-hydrogen) atoms. The van der Waals surface area contributed by atoms with Crippen molar-refractivity contribution in [2.24, 2.45) is 12.8 Å². The lowest BCUT2D eigenvalue weighted by Crippen LogP contribution is -2.38. The molecule has 2 N–H and O–H groups in total. The summed E-state index contributed by atoms with van der Waals surface area (Å²) in [6, 6.07) is 11.2. The van der Waals surface area contributed by atoms with Crippen LogP contribution < -0.4 is 15.4 Å². The van der Waals surface area contributed by atoms with Gasteiger partial charge in [0.05, 0.1) is 34.2 Å². The first-order valence-electron chi connectivity index (χ1n) is 9.23. The molecule has 0 spiro atoms. The summed E-state index contributed by atoms with van der Waals surface area (Å²) in [5, 5.41) is 13.3. The molecule has 3 aromatic rings. The van der Waals surface area contributed by atoms with Crippen LogP contribution in [0.25, 0.3) is 11.3 Å². The quantitative estimate of drug-likeness (QED) is 0.591. The van der Waals surface area contributed by atoms with Crippen LogP contribution in [-0.2, 0) is 11.8 Å². The van der Waals surface area contributed by atoms with Crippen LogP contribution in [0.4, 0.5) is 24.5 Å². The van der Waals surface area contributed by atoms with Gasteiger partial charge in [-0.2, -0.15) is 23.5 Å². The first kappa shape index (κ1) is 23.1. The van der Waals surface area contributed by atoms with Crippen molar-refractivity contribution < 1.29 is 22.7 Å². The Bertz CT molecular complexity index is 1150. The standard InChI is InChI=1S/C21H17ClF3N5O2/c1-29-19(17(22)12-28-29)16-10-15(6-7-18(16)32-9-8-26)30(20(31)21(23,24)25)14-4-2-13(11-27)3-5-14/h2-7,10,12H,8-9,26H2,1H3. The van der Waals surface area contributed by atoms with Crippen molar-refractivity contribution in [2.45, 2.75) is 6.18 Å². The van der Waals surface area contributed by atoms with E-state index in [2.05, 4.69) is 5.10 Å². The van der Waals surface area contributed by atoms with E-state index in [-0.39, 0.29) is 35.1 Å². The van der Waals surface area contributed by atoms with Crippen molar-refractivity contribution >= 4 is 28.9 Å². The van der Waals surface area contributed by atoms with E-state index in [1.807, 2.05) is 6.07 Å². The van der Waals surface area contributed by atoms with E-state index in [1.165, 1.54) is 53.3 Å². The molecule has 0 aliphatic rings. The number of ether oxygens (including phenoxy) is 1. The summed E-state index contributed by atoms with van der Waals surface area (Å²) in [4.78, 5) is 12.9. The molecule has 2 aromatic carbocycles. The molecule has 0 atom stereocenters. The highest BCUT2D eigenvalue weighted by Crippen LogP contribution is 2.40. The number of nitrogens with two attached hydrogens (primary N) is 1. The van der Waals surface area contributed by atoms with Gasteiger partial charge in [0, 0.05) is 24.8 Å². The van der Waals surface area contributed by atoms with Crippen molar-refractivity contribution in [3.63, 3.8) is 0 Å². The van der Waals surface area contributed by atoms with Gasteiger partial charge in [0.1, 0.15) is 12.4 Å². The largest absolute Gasteiger partial charge is 0.492 e. The van der Waals surface area contributed by atoms with Gasteiger partial charge in [0.2, 0.25) is 0 Å². The van der Waals surface area contributed by atoms with E-state index in [1.54, 1.807) is 7.05 Å². The lowest BCUT2D eigenvalue weighted by molar-refractivity contribution is -0.169. The van der Waals surface area contributed by atoms with E-state index < -0.39 is 12.1 Å². The van der Waals surface area contributed by atoms with Crippen molar-refractivity contribution in [3.8, 4) is 23.1 Å². The Kier molecular flexibility index (Phi) is 6.72. The molecule has 1 heterocycles. The van der Waals surface area contributed by atoms with Gasteiger partial charge in [0.15, 0.2) is 0 Å². The Hall–Kier alpha value is -3.55. The predicted molar refractivity (Wildman–Crippen MR) is 113 cm³/mol. The highest BCUT2D eigenvalue weighted by atomic mass is 35.5. The highest BCUT2D eigenvalue weighted by molar-refractivity contribution is 6.33. The zero-order chi connectivity index (χ0) is 23.5. The molecule has 0 fully saturated rings. The number of nitriles is 1. The minimum Gasteiger partial charge on any atom is -0.492 e. The SMILES string of the molecule is Cn1ncc(Cl)c1-c1cc(N(C(=O)C(F)(F)F)c2ccc(C#N)cc2)ccc1OCCN. The maximum absolute atomic E-state index is 13.4. The van der Waals surface area contributed by atoms with Gasteiger partial charge in [-0.1, -0.05) is 11.6 Å². The van der Waals surface area contributed by atoms with E-state index in [0.717, 1.165) is 0 Å². The minimum atomic E-state index is -5.15. The summed E-state index contributed by atoms with van der Waals surface area (Å²) in [5.74, 6) is -1.79. The summed E-state index contributed by atoms with van der Waals surface area (Å²) in [6.45, 7) is 0.368. The zero-order valence-corrected chi connectivity index (χ0v) is 17.5. The van der Waals surface area contributed by atoms with Crippen molar-refractivity contribution in [1.29, 1.82) is 5.26 Å². The number of amides is 1. The van der Waals surface area contributed by atoms with Gasteiger partial charge in [-0.25, -0.2) is 0 Å². The first-order chi connectivity index (χ1) is 15.2. The number of anilines is 2. The van der Waals surface area contributed by atoms with Gasteiger partial charge in [-0.05, 0) is 42.5 Å². The fourth-order valence-electron chi connectivity index (χ4n) is 3.05. The Morgan fingerprint density at radius 2 is 1.91 bits per heavy atom. The summed E-state index contributed by atoms with van der Waals surface area (Å²) >= 11 is 6.25. The highest BCUT2D eigenvalue weighted by Gasteiger charge is 2.44. The van der Waals surface area contributed by atoms with Gasteiger partial charge in [-0.3, -0.25) is 14.4 Å². The van der Waals surface area contributed by atoms with E-state index in [0.29, 0.717) is 21.9 Å². The van der Waals surface area contributed by atoms with Crippen molar-refractivity contribution in [3.05, 3.63) is 59.2 Å². The van der Waals surface area contributed by atoms with Crippen LogP contribution in [0.2, 0.25) is 5.02 Å². The average Bonchev–Trinajstić information content (AvgIpc) is 3.10. The van der Waals surface area contributed by atoms with E-state index >= 15 is 0 Å². The van der Waals surface area contributed by atoms with Crippen LogP contribution in [0.3, 0.4) is 0 Å². The number of hydrogen-bond acceptors (Lipinski definition) is 5. The number of alkyl halides is 3. The smallest absolute Gasteiger partial charge is 0.472 e. The fourth-order valence-corrected chi connectivity index (χ4v) is 3.31. The fraction of sp³-hybridized carbons (Fsp3) is 0.190. The monoisotopic (exact) mass is 463 g/mol.